The van der Waals surface area contributed by atoms with Crippen LogP contribution >= 0.6 is 0 Å². The number of fused-ring (bicyclic) bond motifs is 2. The third-order valence-electron chi connectivity index (χ3n) is 3.36. The molecule has 0 radical (unpaired) electrons. The zero-order chi connectivity index (χ0) is 9.38. The fraction of sp³-hybridized carbons (Fsp3) is 0.545. The molecule has 3 nitrogen and oxygen atoms in total. The topological polar surface area (TPSA) is 31.9 Å². The molecule has 1 saturated heterocycles. The van der Waals surface area contributed by atoms with Gasteiger partial charge in [0, 0.05) is 30.5 Å². The van der Waals surface area contributed by atoms with E-state index >= 15 is 0 Å². The molecule has 0 spiro atoms. The van der Waals surface area contributed by atoms with Crippen molar-refractivity contribution in [3.8, 4) is 0 Å². The fourth-order valence-electron chi connectivity index (χ4n) is 2.63. The van der Waals surface area contributed by atoms with Crippen LogP contribution in [-0.4, -0.2) is 27.0 Å². The van der Waals surface area contributed by atoms with E-state index in [1.807, 2.05) is 6.20 Å². The van der Waals surface area contributed by atoms with Crippen LogP contribution < -0.4 is 0 Å². The number of nitrogens with one attached hydrogen (secondary N) is 1. The van der Waals surface area contributed by atoms with E-state index in [1.165, 1.54) is 25.0 Å². The highest BCUT2D eigenvalue weighted by atomic mass is 15.2. The molecule has 74 valence electrons. The van der Waals surface area contributed by atoms with E-state index in [-0.39, 0.29) is 0 Å². The summed E-state index contributed by atoms with van der Waals surface area (Å²) in [7, 11) is 0. The number of hydrogen-bond donors (Lipinski definition) is 1. The second-order valence-corrected chi connectivity index (χ2v) is 4.21. The van der Waals surface area contributed by atoms with Gasteiger partial charge in [-0.1, -0.05) is 12.2 Å². The number of nitrogens with zero attached hydrogens (tertiary/aromatic N) is 2. The molecule has 1 aromatic rings. The molecule has 2 unspecified atom stereocenters. The Morgan fingerprint density at radius 1 is 1.50 bits per heavy atom. The van der Waals surface area contributed by atoms with Gasteiger partial charge in [-0.25, -0.2) is 4.98 Å². The lowest BCUT2D eigenvalue weighted by Gasteiger charge is -2.30. The first-order chi connectivity index (χ1) is 6.93. The van der Waals surface area contributed by atoms with Gasteiger partial charge >= 0.3 is 0 Å². The van der Waals surface area contributed by atoms with Gasteiger partial charge in [-0.3, -0.25) is 4.90 Å². The molecule has 2 aliphatic heterocycles. The highest BCUT2D eigenvalue weighted by Crippen LogP contribution is 2.32. The first kappa shape index (κ1) is 8.24. The number of imidazole rings is 1. The van der Waals surface area contributed by atoms with E-state index in [9.17, 15) is 0 Å². The standard InChI is InChI=1S/C11H15N3/c1-2-10-4-5-11(3-1)14(10)7-9-6-12-8-13-9/h1-2,6,8,10-11H,3-5,7H2,(H,12,13). The van der Waals surface area contributed by atoms with Crippen molar-refractivity contribution < 1.29 is 0 Å². The Morgan fingerprint density at radius 3 is 3.29 bits per heavy atom. The van der Waals surface area contributed by atoms with Crippen molar-refractivity contribution in [1.82, 2.24) is 14.9 Å². The fourth-order valence-corrected chi connectivity index (χ4v) is 2.63. The molecule has 0 aromatic carbocycles. The summed E-state index contributed by atoms with van der Waals surface area (Å²) in [4.78, 5) is 9.83. The van der Waals surface area contributed by atoms with Crippen LogP contribution in [0.5, 0.6) is 0 Å². The van der Waals surface area contributed by atoms with Crippen molar-refractivity contribution in [1.29, 1.82) is 0 Å². The monoisotopic (exact) mass is 189 g/mol. The van der Waals surface area contributed by atoms with Gasteiger partial charge in [0.05, 0.1) is 6.33 Å². The third-order valence-corrected chi connectivity index (χ3v) is 3.36. The van der Waals surface area contributed by atoms with Crippen molar-refractivity contribution in [2.24, 2.45) is 0 Å². The molecule has 3 heteroatoms. The van der Waals surface area contributed by atoms with Gasteiger partial charge in [-0.15, -0.1) is 0 Å². The zero-order valence-electron chi connectivity index (χ0n) is 8.19. The quantitative estimate of drug-likeness (QED) is 0.718. The van der Waals surface area contributed by atoms with Crippen LogP contribution in [0.4, 0.5) is 0 Å². The number of rotatable bonds is 2. The molecule has 0 aliphatic carbocycles. The predicted molar refractivity (Wildman–Crippen MR) is 54.7 cm³/mol. The first-order valence-corrected chi connectivity index (χ1v) is 5.33. The van der Waals surface area contributed by atoms with Crippen molar-refractivity contribution in [2.75, 3.05) is 0 Å². The summed E-state index contributed by atoms with van der Waals surface area (Å²) >= 11 is 0. The molecular formula is C11H15N3. The van der Waals surface area contributed by atoms with Gasteiger partial charge < -0.3 is 4.98 Å². The van der Waals surface area contributed by atoms with Crippen LogP contribution in [0.25, 0.3) is 0 Å². The van der Waals surface area contributed by atoms with E-state index in [0.717, 1.165) is 12.6 Å². The lowest BCUT2D eigenvalue weighted by Crippen LogP contribution is -2.36. The van der Waals surface area contributed by atoms with Gasteiger partial charge in [0.15, 0.2) is 0 Å². The smallest absolute Gasteiger partial charge is 0.0922 e. The minimum Gasteiger partial charge on any atom is -0.347 e. The summed E-state index contributed by atoms with van der Waals surface area (Å²) in [5, 5.41) is 0. The lowest BCUT2D eigenvalue weighted by molar-refractivity contribution is 0.198. The molecule has 0 amide bonds. The van der Waals surface area contributed by atoms with Gasteiger partial charge in [-0.2, -0.15) is 0 Å². The van der Waals surface area contributed by atoms with E-state index in [4.69, 9.17) is 0 Å². The SMILES string of the molecule is C1=CC2CCC(C1)N2Cc1cnc[nH]1. The summed E-state index contributed by atoms with van der Waals surface area (Å²) in [6, 6.07) is 1.45. The molecule has 14 heavy (non-hydrogen) atoms. The Kier molecular flexibility index (Phi) is 1.91. The Balaban J connectivity index is 1.77. The number of aromatic nitrogens is 2. The van der Waals surface area contributed by atoms with Crippen molar-refractivity contribution in [3.05, 3.63) is 30.4 Å². The van der Waals surface area contributed by atoms with Gasteiger partial charge in [0.25, 0.3) is 0 Å². The van der Waals surface area contributed by atoms with Crippen LogP contribution in [-0.2, 0) is 6.54 Å². The summed E-state index contributed by atoms with van der Waals surface area (Å²) in [5.41, 5.74) is 1.23. The van der Waals surface area contributed by atoms with Crippen molar-refractivity contribution >= 4 is 0 Å². The highest BCUT2D eigenvalue weighted by Gasteiger charge is 2.33. The van der Waals surface area contributed by atoms with Crippen LogP contribution in [0, 0.1) is 0 Å². The average molecular weight is 189 g/mol. The maximum Gasteiger partial charge on any atom is 0.0922 e. The van der Waals surface area contributed by atoms with Crippen LogP contribution in [0.2, 0.25) is 0 Å². The summed E-state index contributed by atoms with van der Waals surface area (Å²) in [6.45, 7) is 1.03. The summed E-state index contributed by atoms with van der Waals surface area (Å²) in [6.07, 6.45) is 12.3. The second kappa shape index (κ2) is 3.24. The maximum absolute atomic E-state index is 4.06. The van der Waals surface area contributed by atoms with E-state index < -0.39 is 0 Å². The van der Waals surface area contributed by atoms with E-state index in [2.05, 4.69) is 27.0 Å². The Hall–Kier alpha value is -1.09. The first-order valence-electron chi connectivity index (χ1n) is 5.33. The minimum absolute atomic E-state index is 0.678. The predicted octanol–water partition coefficient (Wildman–Crippen LogP) is 1.70. The summed E-state index contributed by atoms with van der Waals surface area (Å²) < 4.78 is 0. The second-order valence-electron chi connectivity index (χ2n) is 4.21. The molecule has 3 heterocycles. The highest BCUT2D eigenvalue weighted by molar-refractivity contribution is 5.10. The zero-order valence-corrected chi connectivity index (χ0v) is 8.19. The lowest BCUT2D eigenvalue weighted by atomic mass is 10.1. The molecule has 1 fully saturated rings. The van der Waals surface area contributed by atoms with Crippen molar-refractivity contribution in [3.63, 3.8) is 0 Å². The molecule has 3 rings (SSSR count). The molecule has 2 aliphatic rings. The van der Waals surface area contributed by atoms with E-state index in [1.54, 1.807) is 6.33 Å². The largest absolute Gasteiger partial charge is 0.347 e. The number of H-pyrrole nitrogens is 1. The molecule has 1 N–H and O–H groups in total. The Labute approximate surface area is 83.8 Å². The molecular weight excluding hydrogens is 174 g/mol. The van der Waals surface area contributed by atoms with Crippen LogP contribution in [0.15, 0.2) is 24.7 Å². The summed E-state index contributed by atoms with van der Waals surface area (Å²) in [5.74, 6) is 0. The Morgan fingerprint density at radius 2 is 2.50 bits per heavy atom. The molecule has 1 aromatic heterocycles. The molecule has 0 saturated carbocycles. The van der Waals surface area contributed by atoms with E-state index in [0.29, 0.717) is 6.04 Å². The van der Waals surface area contributed by atoms with Gasteiger partial charge in [-0.05, 0) is 19.3 Å². The van der Waals surface area contributed by atoms with Crippen molar-refractivity contribution in [2.45, 2.75) is 37.9 Å². The maximum atomic E-state index is 4.06. The van der Waals surface area contributed by atoms with Crippen LogP contribution in [0.3, 0.4) is 0 Å². The van der Waals surface area contributed by atoms with Gasteiger partial charge in [0.1, 0.15) is 0 Å². The van der Waals surface area contributed by atoms with Crippen LogP contribution in [0.1, 0.15) is 25.0 Å². The number of aromatic amines is 1. The minimum atomic E-state index is 0.678. The average Bonchev–Trinajstić information content (AvgIpc) is 2.75. The molecule has 2 bridgehead atoms. The third kappa shape index (κ3) is 1.28. The molecule has 2 atom stereocenters. The normalized spacial score (nSPS) is 31.1. The van der Waals surface area contributed by atoms with Gasteiger partial charge in [0.2, 0.25) is 0 Å². The number of hydrogen-bond acceptors (Lipinski definition) is 2. The Bertz CT molecular complexity index is 328.